The molecule has 3 nitrogen and oxygen atoms in total. The van der Waals surface area contributed by atoms with Crippen molar-refractivity contribution in [3.63, 3.8) is 0 Å². The van der Waals surface area contributed by atoms with Gasteiger partial charge >= 0.3 is 0 Å². The monoisotopic (exact) mass is 207 g/mol. The summed E-state index contributed by atoms with van der Waals surface area (Å²) in [6.45, 7) is 8.39. The number of hydrogen-bond acceptors (Lipinski definition) is 3. The Kier molecular flexibility index (Phi) is 2.15. The predicted molar refractivity (Wildman–Crippen MR) is 59.3 cm³/mol. The van der Waals surface area contributed by atoms with Crippen LogP contribution < -0.4 is 15.2 Å². The molecular formula is C12H17NO2. The SMILES string of the molecule is Cc1cc2c(c(C(C)(C)N)c1C)OCO2. The summed E-state index contributed by atoms with van der Waals surface area (Å²) in [4.78, 5) is 0. The van der Waals surface area contributed by atoms with E-state index in [1.165, 1.54) is 11.1 Å². The molecule has 0 saturated heterocycles. The Morgan fingerprint density at radius 1 is 1.27 bits per heavy atom. The zero-order chi connectivity index (χ0) is 11.2. The molecule has 0 atom stereocenters. The summed E-state index contributed by atoms with van der Waals surface area (Å²) in [6.07, 6.45) is 0. The summed E-state index contributed by atoms with van der Waals surface area (Å²) in [7, 11) is 0. The highest BCUT2D eigenvalue weighted by Gasteiger charge is 2.29. The average Bonchev–Trinajstić information content (AvgIpc) is 2.50. The van der Waals surface area contributed by atoms with E-state index >= 15 is 0 Å². The summed E-state index contributed by atoms with van der Waals surface area (Å²) < 4.78 is 10.9. The maximum absolute atomic E-state index is 6.16. The van der Waals surface area contributed by atoms with Crippen molar-refractivity contribution in [3.05, 3.63) is 22.8 Å². The molecule has 2 N–H and O–H groups in total. The van der Waals surface area contributed by atoms with Crippen LogP contribution in [0.3, 0.4) is 0 Å². The van der Waals surface area contributed by atoms with Crippen LogP contribution >= 0.6 is 0 Å². The van der Waals surface area contributed by atoms with E-state index in [0.29, 0.717) is 6.79 Å². The highest BCUT2D eigenvalue weighted by atomic mass is 16.7. The van der Waals surface area contributed by atoms with Crippen molar-refractivity contribution < 1.29 is 9.47 Å². The standard InChI is InChI=1S/C12H17NO2/c1-7-5-9-11(15-6-14-9)10(8(7)2)12(3,4)13/h5H,6,13H2,1-4H3. The third-order valence-electron chi connectivity index (χ3n) is 2.83. The average molecular weight is 207 g/mol. The first-order valence-electron chi connectivity index (χ1n) is 5.10. The molecule has 1 aliphatic heterocycles. The quantitative estimate of drug-likeness (QED) is 0.768. The summed E-state index contributed by atoms with van der Waals surface area (Å²) in [5.41, 5.74) is 9.18. The molecule has 15 heavy (non-hydrogen) atoms. The third kappa shape index (κ3) is 1.57. The van der Waals surface area contributed by atoms with Gasteiger partial charge in [0.25, 0.3) is 0 Å². The summed E-state index contributed by atoms with van der Waals surface area (Å²) in [5.74, 6) is 1.62. The molecule has 0 aromatic heterocycles. The fourth-order valence-corrected chi connectivity index (χ4v) is 2.04. The van der Waals surface area contributed by atoms with Crippen LogP contribution in [0.2, 0.25) is 0 Å². The van der Waals surface area contributed by atoms with Crippen LogP contribution in [-0.2, 0) is 5.54 Å². The van der Waals surface area contributed by atoms with Gasteiger partial charge in [-0.25, -0.2) is 0 Å². The molecule has 1 heterocycles. The zero-order valence-corrected chi connectivity index (χ0v) is 9.68. The van der Waals surface area contributed by atoms with Crippen molar-refractivity contribution in [2.24, 2.45) is 5.73 Å². The maximum atomic E-state index is 6.16. The van der Waals surface area contributed by atoms with Gasteiger partial charge in [-0.3, -0.25) is 0 Å². The van der Waals surface area contributed by atoms with Crippen LogP contribution in [0.5, 0.6) is 11.5 Å². The van der Waals surface area contributed by atoms with Gasteiger partial charge < -0.3 is 15.2 Å². The van der Waals surface area contributed by atoms with Crippen LogP contribution in [0.1, 0.15) is 30.5 Å². The summed E-state index contributed by atoms with van der Waals surface area (Å²) >= 11 is 0. The molecule has 2 rings (SSSR count). The predicted octanol–water partition coefficient (Wildman–Crippen LogP) is 2.23. The second-order valence-corrected chi connectivity index (χ2v) is 4.65. The first kappa shape index (κ1) is 10.3. The molecule has 0 bridgehead atoms. The fourth-order valence-electron chi connectivity index (χ4n) is 2.04. The van der Waals surface area contributed by atoms with Crippen molar-refractivity contribution >= 4 is 0 Å². The molecule has 1 aromatic carbocycles. The van der Waals surface area contributed by atoms with Crippen LogP contribution in [-0.4, -0.2) is 6.79 Å². The lowest BCUT2D eigenvalue weighted by atomic mass is 9.88. The Hall–Kier alpha value is -1.22. The number of hydrogen-bond donors (Lipinski definition) is 1. The molecule has 0 unspecified atom stereocenters. The molecule has 1 aliphatic rings. The molecule has 82 valence electrons. The van der Waals surface area contributed by atoms with Crippen LogP contribution in [0.15, 0.2) is 6.07 Å². The van der Waals surface area contributed by atoms with Crippen molar-refractivity contribution in [1.82, 2.24) is 0 Å². The fraction of sp³-hybridized carbons (Fsp3) is 0.500. The Balaban J connectivity index is 2.71. The molecular weight excluding hydrogens is 190 g/mol. The van der Waals surface area contributed by atoms with Gasteiger partial charge in [0.15, 0.2) is 11.5 Å². The van der Waals surface area contributed by atoms with Gasteiger partial charge in [0.05, 0.1) is 0 Å². The lowest BCUT2D eigenvalue weighted by molar-refractivity contribution is 0.172. The second kappa shape index (κ2) is 3.14. The molecule has 0 fully saturated rings. The van der Waals surface area contributed by atoms with Gasteiger partial charge in [-0.15, -0.1) is 0 Å². The number of fused-ring (bicyclic) bond motifs is 1. The van der Waals surface area contributed by atoms with Gasteiger partial charge in [-0.2, -0.15) is 0 Å². The Bertz CT molecular complexity index is 405. The van der Waals surface area contributed by atoms with E-state index in [1.807, 2.05) is 19.9 Å². The van der Waals surface area contributed by atoms with E-state index in [9.17, 15) is 0 Å². The summed E-state index contributed by atoms with van der Waals surface area (Å²) in [5, 5.41) is 0. The van der Waals surface area contributed by atoms with Crippen LogP contribution in [0.25, 0.3) is 0 Å². The largest absolute Gasteiger partial charge is 0.454 e. The topological polar surface area (TPSA) is 44.5 Å². The Labute approximate surface area is 90.2 Å². The van der Waals surface area contributed by atoms with Crippen molar-refractivity contribution in [1.29, 1.82) is 0 Å². The highest BCUT2D eigenvalue weighted by Crippen LogP contribution is 2.43. The number of nitrogens with two attached hydrogens (primary N) is 1. The van der Waals surface area contributed by atoms with Gasteiger partial charge in [-0.1, -0.05) is 0 Å². The first-order chi connectivity index (χ1) is 6.91. The number of aryl methyl sites for hydroxylation is 1. The van der Waals surface area contributed by atoms with Gasteiger partial charge in [0.2, 0.25) is 6.79 Å². The minimum Gasteiger partial charge on any atom is -0.454 e. The Morgan fingerprint density at radius 2 is 1.93 bits per heavy atom. The molecule has 0 amide bonds. The minimum atomic E-state index is -0.409. The number of benzene rings is 1. The maximum Gasteiger partial charge on any atom is 0.231 e. The molecule has 1 aromatic rings. The molecule has 0 spiro atoms. The van der Waals surface area contributed by atoms with Gasteiger partial charge in [-0.05, 0) is 44.9 Å². The molecule has 0 saturated carbocycles. The van der Waals surface area contributed by atoms with E-state index in [4.69, 9.17) is 15.2 Å². The smallest absolute Gasteiger partial charge is 0.231 e. The van der Waals surface area contributed by atoms with Crippen LogP contribution in [0, 0.1) is 13.8 Å². The van der Waals surface area contributed by atoms with Gasteiger partial charge in [0.1, 0.15) is 0 Å². The highest BCUT2D eigenvalue weighted by molar-refractivity contribution is 5.57. The zero-order valence-electron chi connectivity index (χ0n) is 9.68. The van der Waals surface area contributed by atoms with E-state index in [1.54, 1.807) is 0 Å². The third-order valence-corrected chi connectivity index (χ3v) is 2.83. The van der Waals surface area contributed by atoms with Crippen LogP contribution in [0.4, 0.5) is 0 Å². The number of rotatable bonds is 1. The lowest BCUT2D eigenvalue weighted by Crippen LogP contribution is -2.30. The normalized spacial score (nSPS) is 14.5. The van der Waals surface area contributed by atoms with Crippen molar-refractivity contribution in [3.8, 4) is 11.5 Å². The van der Waals surface area contributed by atoms with Gasteiger partial charge in [0, 0.05) is 11.1 Å². The van der Waals surface area contributed by atoms with Crippen molar-refractivity contribution in [2.45, 2.75) is 33.2 Å². The second-order valence-electron chi connectivity index (χ2n) is 4.65. The molecule has 0 radical (unpaired) electrons. The molecule has 3 heteroatoms. The van der Waals surface area contributed by atoms with E-state index < -0.39 is 5.54 Å². The van der Waals surface area contributed by atoms with E-state index in [2.05, 4.69) is 13.8 Å². The van der Waals surface area contributed by atoms with Crippen molar-refractivity contribution in [2.75, 3.05) is 6.79 Å². The first-order valence-corrected chi connectivity index (χ1v) is 5.10. The van der Waals surface area contributed by atoms with E-state index in [-0.39, 0.29) is 0 Å². The molecule has 0 aliphatic carbocycles. The number of ether oxygens (including phenoxy) is 2. The minimum absolute atomic E-state index is 0.293. The lowest BCUT2D eigenvalue weighted by Gasteiger charge is -2.24. The summed E-state index contributed by atoms with van der Waals surface area (Å²) in [6, 6.07) is 2.01. The van der Waals surface area contributed by atoms with E-state index in [0.717, 1.165) is 17.1 Å². The Morgan fingerprint density at radius 3 is 2.53 bits per heavy atom.